The number of piperidine rings is 1. The standard InChI is InChI=1S/C12H17FN2O3S/c13-11-5-1-2-6-12(11)18-9-10-4-3-7-15(8-10)19(14,16)17/h1-2,5-6,10H,3-4,7-9H2,(H2,14,16,17). The Morgan fingerprint density at radius 1 is 1.42 bits per heavy atom. The van der Waals surface area contributed by atoms with Gasteiger partial charge in [-0.3, -0.25) is 0 Å². The van der Waals surface area contributed by atoms with Crippen LogP contribution in [0.25, 0.3) is 0 Å². The van der Waals surface area contributed by atoms with Crippen LogP contribution in [0, 0.1) is 11.7 Å². The van der Waals surface area contributed by atoms with Gasteiger partial charge in [-0.2, -0.15) is 12.7 Å². The van der Waals surface area contributed by atoms with Crippen LogP contribution >= 0.6 is 0 Å². The minimum atomic E-state index is -3.65. The molecule has 0 bridgehead atoms. The zero-order valence-corrected chi connectivity index (χ0v) is 11.3. The van der Waals surface area contributed by atoms with E-state index in [-0.39, 0.29) is 18.3 Å². The van der Waals surface area contributed by atoms with Gasteiger partial charge in [-0.25, -0.2) is 9.53 Å². The second-order valence-electron chi connectivity index (χ2n) is 4.65. The van der Waals surface area contributed by atoms with Crippen molar-refractivity contribution in [2.45, 2.75) is 12.8 Å². The lowest BCUT2D eigenvalue weighted by molar-refractivity contribution is 0.176. The summed E-state index contributed by atoms with van der Waals surface area (Å²) in [6.07, 6.45) is 1.59. The summed E-state index contributed by atoms with van der Waals surface area (Å²) in [6, 6.07) is 6.16. The van der Waals surface area contributed by atoms with Crippen LogP contribution in [0.2, 0.25) is 0 Å². The maximum atomic E-state index is 13.4. The molecule has 0 aliphatic carbocycles. The molecule has 1 saturated heterocycles. The van der Waals surface area contributed by atoms with E-state index in [1.807, 2.05) is 0 Å². The zero-order chi connectivity index (χ0) is 13.9. The van der Waals surface area contributed by atoms with Gasteiger partial charge >= 0.3 is 0 Å². The highest BCUT2D eigenvalue weighted by Gasteiger charge is 2.26. The van der Waals surface area contributed by atoms with Gasteiger partial charge in [0.05, 0.1) is 6.61 Å². The van der Waals surface area contributed by atoms with Crippen LogP contribution in [-0.2, 0) is 10.2 Å². The number of nitrogens with zero attached hydrogens (tertiary/aromatic N) is 1. The largest absolute Gasteiger partial charge is 0.490 e. The van der Waals surface area contributed by atoms with E-state index in [0.29, 0.717) is 13.1 Å². The van der Waals surface area contributed by atoms with Crippen LogP contribution < -0.4 is 9.88 Å². The third-order valence-corrected chi connectivity index (χ3v) is 4.20. The predicted molar refractivity (Wildman–Crippen MR) is 69.3 cm³/mol. The van der Waals surface area contributed by atoms with Crippen LogP contribution in [-0.4, -0.2) is 32.4 Å². The number of para-hydroxylation sites is 1. The van der Waals surface area contributed by atoms with Crippen molar-refractivity contribution >= 4 is 10.2 Å². The van der Waals surface area contributed by atoms with Crippen molar-refractivity contribution in [1.29, 1.82) is 0 Å². The number of ether oxygens (including phenoxy) is 1. The summed E-state index contributed by atoms with van der Waals surface area (Å²) in [5.41, 5.74) is 0. The average Bonchev–Trinajstić information content (AvgIpc) is 2.37. The van der Waals surface area contributed by atoms with Crippen molar-refractivity contribution in [3.63, 3.8) is 0 Å². The fraction of sp³-hybridized carbons (Fsp3) is 0.500. The van der Waals surface area contributed by atoms with Crippen molar-refractivity contribution in [3.05, 3.63) is 30.1 Å². The topological polar surface area (TPSA) is 72.6 Å². The highest BCUT2D eigenvalue weighted by atomic mass is 32.2. The average molecular weight is 288 g/mol. The highest BCUT2D eigenvalue weighted by molar-refractivity contribution is 7.86. The summed E-state index contributed by atoms with van der Waals surface area (Å²) in [5.74, 6) is -0.191. The fourth-order valence-corrected chi connectivity index (χ4v) is 2.97. The van der Waals surface area contributed by atoms with E-state index in [9.17, 15) is 12.8 Å². The van der Waals surface area contributed by atoms with Crippen molar-refractivity contribution in [1.82, 2.24) is 4.31 Å². The molecule has 2 N–H and O–H groups in total. The molecule has 1 unspecified atom stereocenters. The molecule has 0 aromatic heterocycles. The summed E-state index contributed by atoms with van der Waals surface area (Å²) >= 11 is 0. The van der Waals surface area contributed by atoms with Gasteiger partial charge in [-0.1, -0.05) is 12.1 Å². The lowest BCUT2D eigenvalue weighted by Gasteiger charge is -2.30. The van der Waals surface area contributed by atoms with Gasteiger partial charge in [0.25, 0.3) is 10.2 Å². The number of nitrogens with two attached hydrogens (primary N) is 1. The molecule has 0 spiro atoms. The van der Waals surface area contributed by atoms with Crippen molar-refractivity contribution in [2.24, 2.45) is 11.1 Å². The van der Waals surface area contributed by atoms with E-state index in [1.165, 1.54) is 10.4 Å². The molecular weight excluding hydrogens is 271 g/mol. The molecule has 0 amide bonds. The monoisotopic (exact) mass is 288 g/mol. The third kappa shape index (κ3) is 3.89. The van der Waals surface area contributed by atoms with Gasteiger partial charge in [0.1, 0.15) is 0 Å². The number of rotatable bonds is 4. The lowest BCUT2D eigenvalue weighted by Crippen LogP contribution is -2.44. The van der Waals surface area contributed by atoms with Crippen LogP contribution in [0.1, 0.15) is 12.8 Å². The molecule has 0 saturated carbocycles. The highest BCUT2D eigenvalue weighted by Crippen LogP contribution is 2.21. The molecule has 1 aliphatic rings. The fourth-order valence-electron chi connectivity index (χ4n) is 2.16. The predicted octanol–water partition coefficient (Wildman–Crippen LogP) is 1.12. The molecule has 106 valence electrons. The van der Waals surface area contributed by atoms with Gasteiger partial charge in [0.15, 0.2) is 11.6 Å². The minimum Gasteiger partial charge on any atom is -0.490 e. The van der Waals surface area contributed by atoms with E-state index in [1.54, 1.807) is 18.2 Å². The maximum absolute atomic E-state index is 13.4. The molecule has 1 aromatic rings. The van der Waals surface area contributed by atoms with Crippen LogP contribution in [0.3, 0.4) is 0 Å². The number of benzene rings is 1. The molecule has 19 heavy (non-hydrogen) atoms. The molecule has 1 aromatic carbocycles. The van der Waals surface area contributed by atoms with Crippen LogP contribution in [0.5, 0.6) is 5.75 Å². The Labute approximate surface area is 112 Å². The first-order chi connectivity index (χ1) is 8.97. The molecule has 2 rings (SSSR count). The summed E-state index contributed by atoms with van der Waals surface area (Å²) in [7, 11) is -3.65. The van der Waals surface area contributed by atoms with E-state index in [4.69, 9.17) is 9.88 Å². The summed E-state index contributed by atoms with van der Waals surface area (Å²) in [6.45, 7) is 1.05. The Bertz CT molecular complexity index is 536. The van der Waals surface area contributed by atoms with Gasteiger partial charge in [-0.15, -0.1) is 0 Å². The first kappa shape index (κ1) is 14.2. The Balaban J connectivity index is 1.92. The summed E-state index contributed by atoms with van der Waals surface area (Å²) < 4.78 is 42.5. The van der Waals surface area contributed by atoms with Gasteiger partial charge < -0.3 is 4.74 Å². The van der Waals surface area contributed by atoms with Crippen molar-refractivity contribution in [3.8, 4) is 5.75 Å². The Morgan fingerprint density at radius 3 is 2.84 bits per heavy atom. The van der Waals surface area contributed by atoms with Crippen LogP contribution in [0.15, 0.2) is 24.3 Å². The summed E-state index contributed by atoms with van der Waals surface area (Å²) in [4.78, 5) is 0. The smallest absolute Gasteiger partial charge is 0.276 e. The van der Waals surface area contributed by atoms with Gasteiger partial charge in [0.2, 0.25) is 0 Å². The van der Waals surface area contributed by atoms with Gasteiger partial charge in [-0.05, 0) is 25.0 Å². The normalized spacial score (nSPS) is 21.3. The molecular formula is C12H17FN2O3S. The second kappa shape index (κ2) is 5.85. The quantitative estimate of drug-likeness (QED) is 0.902. The second-order valence-corrected chi connectivity index (χ2v) is 6.20. The minimum absolute atomic E-state index is 0.0340. The van der Waals surface area contributed by atoms with Crippen molar-refractivity contribution < 1.29 is 17.5 Å². The zero-order valence-electron chi connectivity index (χ0n) is 10.5. The van der Waals surface area contributed by atoms with Gasteiger partial charge in [0, 0.05) is 19.0 Å². The van der Waals surface area contributed by atoms with E-state index < -0.39 is 16.0 Å². The molecule has 1 heterocycles. The molecule has 7 heteroatoms. The number of halogens is 1. The SMILES string of the molecule is NS(=O)(=O)N1CCCC(COc2ccccc2F)C1. The van der Waals surface area contributed by atoms with Crippen molar-refractivity contribution in [2.75, 3.05) is 19.7 Å². The Morgan fingerprint density at radius 2 is 2.16 bits per heavy atom. The molecule has 1 fully saturated rings. The van der Waals surface area contributed by atoms with E-state index in [2.05, 4.69) is 0 Å². The number of hydrogen-bond acceptors (Lipinski definition) is 3. The lowest BCUT2D eigenvalue weighted by atomic mass is 10.0. The third-order valence-electron chi connectivity index (χ3n) is 3.15. The van der Waals surface area contributed by atoms with E-state index >= 15 is 0 Å². The molecule has 0 radical (unpaired) electrons. The molecule has 1 atom stereocenters. The maximum Gasteiger partial charge on any atom is 0.276 e. The molecule has 1 aliphatic heterocycles. The molecule has 5 nitrogen and oxygen atoms in total. The Hall–Kier alpha value is -1.18. The summed E-state index contributed by atoms with van der Waals surface area (Å²) in [5, 5.41) is 5.10. The first-order valence-electron chi connectivity index (χ1n) is 6.12. The number of hydrogen-bond donors (Lipinski definition) is 1. The Kier molecular flexibility index (Phi) is 4.38. The first-order valence-corrected chi connectivity index (χ1v) is 7.62. The van der Waals surface area contributed by atoms with E-state index in [0.717, 1.165) is 12.8 Å². The van der Waals surface area contributed by atoms with Crippen LogP contribution in [0.4, 0.5) is 4.39 Å².